The number of hydrogen-bond donors (Lipinski definition) is 5. The average Bonchev–Trinajstić information content (AvgIpc) is 3.13. The molecule has 0 bridgehead atoms. The SMILES string of the molecule is NC(=O)c1ccc(C(=O)N(c2ccc(N)cc2C(F)(F)F)c2ccc(-c3ccc(N)cc3C(F)(F)F)c(C(N)=O)c2C(=O)Nc2ccccc2C(F)(F)F)c(C(F)(F)F)c1. The van der Waals surface area contributed by atoms with E-state index in [9.17, 15) is 71.9 Å². The minimum absolute atomic E-state index is 0.0702. The Balaban J connectivity index is 2.00. The number of rotatable bonds is 8. The lowest BCUT2D eigenvalue weighted by Gasteiger charge is -2.30. The van der Waals surface area contributed by atoms with Gasteiger partial charge in [-0.3, -0.25) is 24.1 Å². The summed E-state index contributed by atoms with van der Waals surface area (Å²) >= 11 is 0. The second kappa shape index (κ2) is 15.5. The predicted molar refractivity (Wildman–Crippen MR) is 191 cm³/mol. The van der Waals surface area contributed by atoms with Gasteiger partial charge in [-0.1, -0.05) is 24.3 Å². The third-order valence-electron chi connectivity index (χ3n) is 8.63. The molecule has 10 nitrogen and oxygen atoms in total. The van der Waals surface area contributed by atoms with Crippen molar-refractivity contribution >= 4 is 52.1 Å². The molecule has 5 rings (SSSR count). The number of carbonyl (C=O) groups excluding carboxylic acids is 4. The Hall–Kier alpha value is -7.26. The van der Waals surface area contributed by atoms with Gasteiger partial charge in [-0.25, -0.2) is 0 Å². The molecule has 9 N–H and O–H groups in total. The number of alkyl halides is 12. The van der Waals surface area contributed by atoms with Crippen LogP contribution in [0.5, 0.6) is 0 Å². The van der Waals surface area contributed by atoms with Crippen molar-refractivity contribution in [1.29, 1.82) is 0 Å². The zero-order chi connectivity index (χ0) is 44.9. The van der Waals surface area contributed by atoms with Crippen LogP contribution in [0.3, 0.4) is 0 Å². The smallest absolute Gasteiger partial charge is 0.399 e. The molecule has 0 saturated carbocycles. The molecule has 0 unspecified atom stereocenters. The normalized spacial score (nSPS) is 12.2. The van der Waals surface area contributed by atoms with Crippen molar-refractivity contribution < 1.29 is 71.9 Å². The van der Waals surface area contributed by atoms with Gasteiger partial charge in [0, 0.05) is 16.9 Å². The third-order valence-corrected chi connectivity index (χ3v) is 8.63. The Morgan fingerprint density at radius 1 is 0.500 bits per heavy atom. The zero-order valence-electron chi connectivity index (χ0n) is 29.6. The van der Waals surface area contributed by atoms with E-state index >= 15 is 0 Å². The fraction of sp³-hybridized carbons (Fsp3) is 0.105. The molecule has 0 aromatic heterocycles. The number of nitrogen functional groups attached to an aromatic ring is 2. The molecule has 0 atom stereocenters. The molecule has 0 aliphatic rings. The van der Waals surface area contributed by atoms with Crippen LogP contribution < -0.4 is 33.2 Å². The minimum atomic E-state index is -5.58. The number of benzene rings is 5. The first-order chi connectivity index (χ1) is 27.6. The maximum atomic E-state index is 14.8. The van der Waals surface area contributed by atoms with E-state index in [1.807, 2.05) is 0 Å². The molecule has 0 radical (unpaired) electrons. The first-order valence-corrected chi connectivity index (χ1v) is 16.4. The van der Waals surface area contributed by atoms with Crippen molar-refractivity contribution in [2.75, 3.05) is 21.7 Å². The maximum Gasteiger partial charge on any atom is 0.418 e. The molecule has 314 valence electrons. The van der Waals surface area contributed by atoms with E-state index in [4.69, 9.17) is 22.9 Å². The van der Waals surface area contributed by atoms with Gasteiger partial charge >= 0.3 is 24.7 Å². The molecule has 5 aromatic rings. The second-order valence-corrected chi connectivity index (χ2v) is 12.6. The number of halogens is 12. The highest BCUT2D eigenvalue weighted by Gasteiger charge is 2.43. The summed E-state index contributed by atoms with van der Waals surface area (Å²) in [6.07, 6.45) is -21.7. The number of anilines is 5. The molecule has 22 heteroatoms. The van der Waals surface area contributed by atoms with Crippen LogP contribution >= 0.6 is 0 Å². The molecule has 60 heavy (non-hydrogen) atoms. The number of primary amides is 2. The fourth-order valence-corrected chi connectivity index (χ4v) is 6.11. The van der Waals surface area contributed by atoms with Gasteiger partial charge in [0.1, 0.15) is 0 Å². The van der Waals surface area contributed by atoms with Crippen molar-refractivity contribution in [3.05, 3.63) is 136 Å². The van der Waals surface area contributed by atoms with Gasteiger partial charge in [0.25, 0.3) is 11.8 Å². The summed E-state index contributed by atoms with van der Waals surface area (Å²) in [5, 5.41) is 1.78. The van der Waals surface area contributed by atoms with E-state index in [1.54, 1.807) is 5.32 Å². The largest absolute Gasteiger partial charge is 0.418 e. The van der Waals surface area contributed by atoms with Crippen molar-refractivity contribution in [1.82, 2.24) is 0 Å². The minimum Gasteiger partial charge on any atom is -0.399 e. The molecular formula is C38H24F12N6O4. The summed E-state index contributed by atoms with van der Waals surface area (Å²) in [6, 6.07) is 8.26. The monoisotopic (exact) mass is 856 g/mol. The van der Waals surface area contributed by atoms with E-state index in [0.717, 1.165) is 24.3 Å². The predicted octanol–water partition coefficient (Wildman–Crippen LogP) is 9.02. The van der Waals surface area contributed by atoms with Gasteiger partial charge in [-0.2, -0.15) is 52.7 Å². The van der Waals surface area contributed by atoms with E-state index < -0.39 is 132 Å². The Bertz CT molecular complexity index is 2570. The highest BCUT2D eigenvalue weighted by Crippen LogP contribution is 2.47. The molecule has 4 amide bonds. The summed E-state index contributed by atoms with van der Waals surface area (Å²) in [6.45, 7) is 0. The van der Waals surface area contributed by atoms with E-state index in [2.05, 4.69) is 0 Å². The highest BCUT2D eigenvalue weighted by atomic mass is 19.4. The second-order valence-electron chi connectivity index (χ2n) is 12.6. The average molecular weight is 857 g/mol. The number of nitrogens with two attached hydrogens (primary N) is 4. The van der Waals surface area contributed by atoms with Crippen LogP contribution in [0.2, 0.25) is 0 Å². The highest BCUT2D eigenvalue weighted by molar-refractivity contribution is 6.22. The van der Waals surface area contributed by atoms with Crippen molar-refractivity contribution in [3.8, 4) is 11.1 Å². The Kier molecular flexibility index (Phi) is 11.3. The van der Waals surface area contributed by atoms with E-state index in [1.165, 1.54) is 0 Å². The standard InChI is InChI=1S/C38H24F12N6O4/c39-35(40,41)22-3-1-2-4-26(22)55-33(59)30-28(12-10-20(29(30)32(54)58)19-9-6-17(51)14-24(19)37(45,46)47)56(27-11-7-18(52)15-25(27)38(48,49)50)34(60)21-8-5-16(31(53)57)13-23(21)36(42,43)44/h1-15H,51-52H2,(H2,53,57)(H2,54,58)(H,55,59). The quantitative estimate of drug-likeness (QED) is 0.0765. The Morgan fingerprint density at radius 3 is 1.57 bits per heavy atom. The number of carbonyl (C=O) groups is 4. The molecule has 0 heterocycles. The molecule has 5 aromatic carbocycles. The van der Waals surface area contributed by atoms with Gasteiger partial charge in [-0.05, 0) is 77.9 Å². The summed E-state index contributed by atoms with van der Waals surface area (Å²) < 4.78 is 173. The maximum absolute atomic E-state index is 14.8. The van der Waals surface area contributed by atoms with Crippen LogP contribution in [-0.4, -0.2) is 23.6 Å². The fourth-order valence-electron chi connectivity index (χ4n) is 6.11. The van der Waals surface area contributed by atoms with Gasteiger partial charge in [-0.15, -0.1) is 0 Å². The summed E-state index contributed by atoms with van der Waals surface area (Å²) in [7, 11) is 0. The van der Waals surface area contributed by atoms with E-state index in [-0.39, 0.29) is 17.0 Å². The van der Waals surface area contributed by atoms with Crippen LogP contribution in [0, 0.1) is 0 Å². The zero-order valence-corrected chi connectivity index (χ0v) is 29.6. The number of nitrogens with one attached hydrogen (secondary N) is 1. The van der Waals surface area contributed by atoms with Crippen LogP contribution in [0.1, 0.15) is 63.7 Å². The Morgan fingerprint density at radius 2 is 1.02 bits per heavy atom. The van der Waals surface area contributed by atoms with Gasteiger partial charge in [0.15, 0.2) is 0 Å². The molecular weight excluding hydrogens is 832 g/mol. The van der Waals surface area contributed by atoms with Gasteiger partial charge < -0.3 is 28.3 Å². The van der Waals surface area contributed by atoms with Gasteiger partial charge in [0.05, 0.1) is 56.0 Å². The molecule has 0 aliphatic heterocycles. The topological polar surface area (TPSA) is 188 Å². The third kappa shape index (κ3) is 8.76. The van der Waals surface area contributed by atoms with Crippen LogP contribution in [0.25, 0.3) is 11.1 Å². The summed E-state index contributed by atoms with van der Waals surface area (Å²) in [5.41, 5.74) is 2.68. The van der Waals surface area contributed by atoms with Crippen molar-refractivity contribution in [2.24, 2.45) is 11.5 Å². The molecule has 0 aliphatic carbocycles. The van der Waals surface area contributed by atoms with Gasteiger partial charge in [0.2, 0.25) is 11.8 Å². The van der Waals surface area contributed by atoms with Crippen LogP contribution in [0.4, 0.5) is 81.1 Å². The molecule has 0 saturated heterocycles. The Labute approximate surface area is 328 Å². The number of para-hydroxylation sites is 1. The lowest BCUT2D eigenvalue weighted by Crippen LogP contribution is -2.34. The lowest BCUT2D eigenvalue weighted by atomic mass is 9.89. The number of amides is 4. The first kappa shape index (κ1) is 43.9. The van der Waals surface area contributed by atoms with Crippen LogP contribution in [0.15, 0.2) is 91.0 Å². The van der Waals surface area contributed by atoms with Crippen molar-refractivity contribution in [2.45, 2.75) is 24.7 Å². The first-order valence-electron chi connectivity index (χ1n) is 16.4. The molecule has 0 spiro atoms. The summed E-state index contributed by atoms with van der Waals surface area (Å²) in [5.74, 6) is -7.36. The van der Waals surface area contributed by atoms with Crippen molar-refractivity contribution in [3.63, 3.8) is 0 Å². The number of hydrogen-bond acceptors (Lipinski definition) is 6. The lowest BCUT2D eigenvalue weighted by molar-refractivity contribution is -0.138. The molecule has 0 fully saturated rings. The number of nitrogens with zero attached hydrogens (tertiary/aromatic N) is 1. The van der Waals surface area contributed by atoms with E-state index in [0.29, 0.717) is 54.6 Å². The van der Waals surface area contributed by atoms with Crippen LogP contribution in [-0.2, 0) is 24.7 Å². The summed E-state index contributed by atoms with van der Waals surface area (Å²) in [4.78, 5) is 54.0.